The van der Waals surface area contributed by atoms with E-state index in [4.69, 9.17) is 14.5 Å². The molecule has 9 heteroatoms. The number of aromatic nitrogens is 2. The third-order valence-corrected chi connectivity index (χ3v) is 7.32. The molecule has 3 aromatic rings. The minimum absolute atomic E-state index is 0.188. The van der Waals surface area contributed by atoms with Gasteiger partial charge in [-0.1, -0.05) is 12.1 Å². The summed E-state index contributed by atoms with van der Waals surface area (Å²) in [6.07, 6.45) is 0.0250. The molecule has 0 fully saturated rings. The van der Waals surface area contributed by atoms with Crippen LogP contribution in [0.3, 0.4) is 0 Å². The first-order valence-corrected chi connectivity index (χ1v) is 12.7. The summed E-state index contributed by atoms with van der Waals surface area (Å²) in [7, 11) is -2.03. The normalized spacial score (nSPS) is 16.7. The van der Waals surface area contributed by atoms with Crippen LogP contribution in [0.4, 0.5) is 4.39 Å². The molecule has 0 radical (unpaired) electrons. The summed E-state index contributed by atoms with van der Waals surface area (Å²) in [4.78, 5) is 5.12. The number of hydrogen-bond acceptors (Lipinski definition) is 5. The fourth-order valence-electron chi connectivity index (χ4n) is 4.05. The van der Waals surface area contributed by atoms with Crippen molar-refractivity contribution in [1.29, 1.82) is 0 Å². The molecule has 2 heterocycles. The second-order valence-corrected chi connectivity index (χ2v) is 11.0. The Morgan fingerprint density at radius 1 is 1.12 bits per heavy atom. The molecule has 1 aliphatic heterocycles. The van der Waals surface area contributed by atoms with Crippen LogP contribution in [0.5, 0.6) is 5.75 Å². The molecule has 0 amide bonds. The smallest absolute Gasteiger partial charge is 0.241 e. The lowest BCUT2D eigenvalue weighted by atomic mass is 10.1. The average Bonchev–Trinajstić information content (AvgIpc) is 3.00. The lowest BCUT2D eigenvalue weighted by molar-refractivity contribution is 0.0355. The topological polar surface area (TPSA) is 82.5 Å². The van der Waals surface area contributed by atoms with Crippen LogP contribution in [0.25, 0.3) is 22.6 Å². The van der Waals surface area contributed by atoms with Gasteiger partial charge in [0.25, 0.3) is 0 Å². The van der Waals surface area contributed by atoms with Crippen molar-refractivity contribution in [3.63, 3.8) is 0 Å². The quantitative estimate of drug-likeness (QED) is 0.563. The van der Waals surface area contributed by atoms with E-state index in [-0.39, 0.29) is 4.90 Å². The molecule has 0 spiro atoms. The number of hydrogen-bond donors (Lipinski definition) is 1. The number of halogens is 1. The van der Waals surface area contributed by atoms with Crippen molar-refractivity contribution in [3.8, 4) is 28.4 Å². The summed E-state index contributed by atoms with van der Waals surface area (Å²) in [5.41, 5.74) is 2.75. The molecule has 7 nitrogen and oxygen atoms in total. The summed E-state index contributed by atoms with van der Waals surface area (Å²) in [5.74, 6) is 1.44. The highest BCUT2D eigenvalue weighted by molar-refractivity contribution is 7.89. The van der Waals surface area contributed by atoms with Crippen LogP contribution in [0.15, 0.2) is 53.4 Å². The Bertz CT molecular complexity index is 1250. The minimum Gasteiger partial charge on any atom is -0.497 e. The van der Waals surface area contributed by atoms with Gasteiger partial charge in [-0.25, -0.2) is 22.5 Å². The predicted octanol–water partition coefficient (Wildman–Crippen LogP) is 4.21. The van der Waals surface area contributed by atoms with Crippen molar-refractivity contribution >= 4 is 10.0 Å². The van der Waals surface area contributed by atoms with E-state index in [0.717, 1.165) is 28.3 Å². The molecule has 182 valence electrons. The monoisotopic (exact) mass is 487 g/mol. The molecule has 1 N–H and O–H groups in total. The second-order valence-electron chi connectivity index (χ2n) is 9.35. The molecular formula is C25H30FN3O4S. The van der Waals surface area contributed by atoms with Gasteiger partial charge >= 0.3 is 0 Å². The number of rotatable bonds is 6. The van der Waals surface area contributed by atoms with Crippen LogP contribution in [0, 0.1) is 0 Å². The Morgan fingerprint density at radius 2 is 1.76 bits per heavy atom. The van der Waals surface area contributed by atoms with Gasteiger partial charge in [-0.05, 0) is 57.2 Å². The summed E-state index contributed by atoms with van der Waals surface area (Å²) >= 11 is 0. The largest absolute Gasteiger partial charge is 0.497 e. The fraction of sp³-hybridized carbons (Fsp3) is 0.400. The Morgan fingerprint density at radius 3 is 2.35 bits per heavy atom. The minimum atomic E-state index is -3.64. The van der Waals surface area contributed by atoms with Gasteiger partial charge in [-0.2, -0.15) is 0 Å². The van der Waals surface area contributed by atoms with Crippen molar-refractivity contribution in [2.75, 3.05) is 20.4 Å². The van der Waals surface area contributed by atoms with Crippen molar-refractivity contribution in [1.82, 2.24) is 14.3 Å². The first-order chi connectivity index (χ1) is 16.1. The van der Waals surface area contributed by atoms with Crippen molar-refractivity contribution in [3.05, 3.63) is 54.2 Å². The second kappa shape index (κ2) is 9.48. The zero-order chi connectivity index (χ0) is 24.5. The van der Waals surface area contributed by atoms with Crippen LogP contribution in [-0.2, 0) is 27.7 Å². The first-order valence-electron chi connectivity index (χ1n) is 11.2. The summed E-state index contributed by atoms with van der Waals surface area (Å²) in [6.45, 7) is 5.55. The molecule has 0 aliphatic carbocycles. The third kappa shape index (κ3) is 5.16. The molecule has 1 atom stereocenters. The molecule has 1 unspecified atom stereocenters. The van der Waals surface area contributed by atoms with E-state index in [9.17, 15) is 12.8 Å². The van der Waals surface area contributed by atoms with E-state index < -0.39 is 28.3 Å². The first kappa shape index (κ1) is 24.4. The standard InChI is InChI=1S/C25H30FN3O4S/c1-25(2,3)28-34(30,31)21-11-7-17(8-12-21)23-22-13-14-33-20(15-26)16-29(22)24(27-23)18-5-9-19(32-4)10-6-18/h5-12,20,28H,13-16H2,1-4H3. The number of alkyl halides is 1. The molecule has 0 saturated heterocycles. The van der Waals surface area contributed by atoms with Crippen LogP contribution in [0.2, 0.25) is 0 Å². The molecular weight excluding hydrogens is 457 g/mol. The van der Waals surface area contributed by atoms with Gasteiger partial charge in [0.15, 0.2) is 0 Å². The molecule has 1 aliphatic rings. The number of methoxy groups -OCH3 is 1. The molecule has 4 rings (SSSR count). The van der Waals surface area contributed by atoms with E-state index in [1.165, 1.54) is 0 Å². The van der Waals surface area contributed by atoms with Gasteiger partial charge in [0, 0.05) is 28.8 Å². The van der Waals surface area contributed by atoms with Gasteiger partial charge in [-0.15, -0.1) is 0 Å². The number of imidazole rings is 1. The van der Waals surface area contributed by atoms with Crippen molar-refractivity contribution < 1.29 is 22.3 Å². The van der Waals surface area contributed by atoms with E-state index in [1.54, 1.807) is 52.1 Å². The number of nitrogens with zero attached hydrogens (tertiary/aromatic N) is 2. The summed E-state index contributed by atoms with van der Waals surface area (Å²) < 4.78 is 54.6. The highest BCUT2D eigenvalue weighted by Crippen LogP contribution is 2.33. The molecule has 0 bridgehead atoms. The average molecular weight is 488 g/mol. The highest BCUT2D eigenvalue weighted by atomic mass is 32.2. The summed E-state index contributed by atoms with van der Waals surface area (Å²) in [5, 5.41) is 0. The molecule has 34 heavy (non-hydrogen) atoms. The Balaban J connectivity index is 1.77. The van der Waals surface area contributed by atoms with Gasteiger partial charge < -0.3 is 14.0 Å². The number of ether oxygens (including phenoxy) is 2. The van der Waals surface area contributed by atoms with Crippen LogP contribution in [-0.4, -0.2) is 50.0 Å². The van der Waals surface area contributed by atoms with E-state index in [0.29, 0.717) is 25.4 Å². The maximum atomic E-state index is 13.6. The van der Waals surface area contributed by atoms with Crippen LogP contribution < -0.4 is 9.46 Å². The maximum absolute atomic E-state index is 13.6. The zero-order valence-corrected chi connectivity index (χ0v) is 20.7. The van der Waals surface area contributed by atoms with E-state index in [2.05, 4.69) is 4.72 Å². The number of fused-ring (bicyclic) bond motifs is 1. The SMILES string of the molecule is COc1ccc(-c2nc(-c3ccc(S(=O)(=O)NC(C)(C)C)cc3)c3n2CC(CF)OCC3)cc1. The molecule has 1 aromatic heterocycles. The van der Waals surface area contributed by atoms with E-state index >= 15 is 0 Å². The maximum Gasteiger partial charge on any atom is 0.241 e. The van der Waals surface area contributed by atoms with Crippen molar-refractivity contribution in [2.24, 2.45) is 0 Å². The molecule has 0 saturated carbocycles. The lowest BCUT2D eigenvalue weighted by Gasteiger charge is -2.20. The fourth-order valence-corrected chi connectivity index (χ4v) is 5.47. The number of sulfonamides is 1. The van der Waals surface area contributed by atoms with E-state index in [1.807, 2.05) is 28.8 Å². The van der Waals surface area contributed by atoms with Gasteiger partial charge in [-0.3, -0.25) is 0 Å². The van der Waals surface area contributed by atoms with Gasteiger partial charge in [0.1, 0.15) is 24.4 Å². The number of benzene rings is 2. The lowest BCUT2D eigenvalue weighted by Crippen LogP contribution is -2.40. The van der Waals surface area contributed by atoms with Gasteiger partial charge in [0.2, 0.25) is 10.0 Å². The van der Waals surface area contributed by atoms with Gasteiger partial charge in [0.05, 0.1) is 30.9 Å². The Hall–Kier alpha value is -2.75. The zero-order valence-electron chi connectivity index (χ0n) is 19.8. The van der Waals surface area contributed by atoms with Crippen molar-refractivity contribution in [2.45, 2.75) is 50.3 Å². The van der Waals surface area contributed by atoms with Crippen LogP contribution in [0.1, 0.15) is 26.5 Å². The number of nitrogens with one attached hydrogen (secondary N) is 1. The third-order valence-electron chi connectivity index (χ3n) is 5.55. The predicted molar refractivity (Wildman–Crippen MR) is 129 cm³/mol. The van der Waals surface area contributed by atoms with Crippen LogP contribution >= 0.6 is 0 Å². The Kier molecular flexibility index (Phi) is 6.80. The summed E-state index contributed by atoms with van der Waals surface area (Å²) in [6, 6.07) is 14.2. The highest BCUT2D eigenvalue weighted by Gasteiger charge is 2.26. The Labute approximate surface area is 200 Å². The molecule has 2 aromatic carbocycles.